The number of aromatic nitrogens is 4. The van der Waals surface area contributed by atoms with E-state index in [1.807, 2.05) is 0 Å². The maximum Gasteiger partial charge on any atom is 0.510 e. The van der Waals surface area contributed by atoms with Gasteiger partial charge in [0.05, 0.1) is 31.2 Å². The number of hydrogen-bond acceptors (Lipinski definition) is 14. The van der Waals surface area contributed by atoms with Gasteiger partial charge in [0.1, 0.15) is 18.2 Å². The summed E-state index contributed by atoms with van der Waals surface area (Å²) < 4.78 is 50.2. The van der Waals surface area contributed by atoms with E-state index in [9.17, 15) is 14.5 Å². The van der Waals surface area contributed by atoms with E-state index in [-0.39, 0.29) is 18.5 Å². The zero-order valence-corrected chi connectivity index (χ0v) is 21.1. The number of anilines is 1. The van der Waals surface area contributed by atoms with Crippen LogP contribution in [0, 0.1) is 0 Å². The second-order valence-electron chi connectivity index (χ2n) is 7.76. The number of hydrogen-bond donors (Lipinski definition) is 2. The number of nitrogens with two attached hydrogens (primary N) is 1. The van der Waals surface area contributed by atoms with Crippen molar-refractivity contribution < 1.29 is 47.2 Å². The predicted molar refractivity (Wildman–Crippen MR) is 121 cm³/mol. The minimum absolute atomic E-state index is 0.244. The average Bonchev–Trinajstić information content (AvgIpc) is 3.15. The highest BCUT2D eigenvalue weighted by molar-refractivity contribution is 7.53. The smallest absolute Gasteiger partial charge is 0.432 e. The lowest BCUT2D eigenvalue weighted by molar-refractivity contribution is -0.294. The molecule has 2 aromatic rings. The maximum atomic E-state index is 13.1. The summed E-state index contributed by atoms with van der Waals surface area (Å²) in [7, 11) is -4.02. The van der Waals surface area contributed by atoms with Gasteiger partial charge in [-0.3, -0.25) is 13.6 Å². The third kappa shape index (κ3) is 10.0. The van der Waals surface area contributed by atoms with Gasteiger partial charge in [0.15, 0.2) is 18.3 Å². The number of fused-ring (bicyclic) bond motifs is 1. The van der Waals surface area contributed by atoms with Gasteiger partial charge in [-0.25, -0.2) is 19.7 Å². The average molecular weight is 521 g/mol. The molecule has 0 amide bonds. The first-order chi connectivity index (χ1) is 16.5. The first kappa shape index (κ1) is 28.8. The lowest BCUT2D eigenvalue weighted by atomic mass is 10.4. The number of imidazole rings is 1. The largest absolute Gasteiger partial charge is 0.510 e. The lowest BCUT2D eigenvalue weighted by Gasteiger charge is -2.22. The molecule has 0 fully saturated rings. The van der Waals surface area contributed by atoms with E-state index < -0.39 is 52.4 Å². The van der Waals surface area contributed by atoms with Gasteiger partial charge in [-0.1, -0.05) is 0 Å². The molecule has 3 atom stereocenters. The highest BCUT2D eigenvalue weighted by atomic mass is 31.2. The van der Waals surface area contributed by atoms with Crippen LogP contribution in [0.5, 0.6) is 0 Å². The van der Waals surface area contributed by atoms with Gasteiger partial charge in [0, 0.05) is 0 Å². The van der Waals surface area contributed by atoms with Crippen LogP contribution in [-0.2, 0) is 43.8 Å². The van der Waals surface area contributed by atoms with E-state index in [0.717, 1.165) is 0 Å². The molecule has 35 heavy (non-hydrogen) atoms. The Morgan fingerprint density at radius 1 is 1.09 bits per heavy atom. The minimum atomic E-state index is -4.02. The number of nitrogens with zero attached hydrogens (tertiary/aromatic N) is 4. The van der Waals surface area contributed by atoms with Crippen molar-refractivity contribution >= 4 is 30.7 Å². The molecule has 0 aromatic carbocycles. The lowest BCUT2D eigenvalue weighted by Crippen LogP contribution is -2.23. The third-order valence-electron chi connectivity index (χ3n) is 4.01. The van der Waals surface area contributed by atoms with Crippen molar-refractivity contribution in [1.82, 2.24) is 19.5 Å². The van der Waals surface area contributed by atoms with Crippen molar-refractivity contribution in [3.8, 4) is 0 Å². The van der Waals surface area contributed by atoms with E-state index in [1.165, 1.54) is 12.7 Å². The number of carbonyl (C=O) groups excluding carboxylic acids is 1. The molecule has 2 unspecified atom stereocenters. The zero-order valence-electron chi connectivity index (χ0n) is 20.2. The molecule has 16 heteroatoms. The van der Waals surface area contributed by atoms with Crippen LogP contribution >= 0.6 is 7.60 Å². The van der Waals surface area contributed by atoms with Crippen LogP contribution in [0.2, 0.25) is 0 Å². The Morgan fingerprint density at radius 3 is 2.49 bits per heavy atom. The molecular weight excluding hydrogens is 489 g/mol. The number of ether oxygens (including phenoxy) is 5. The van der Waals surface area contributed by atoms with Crippen molar-refractivity contribution in [3.05, 3.63) is 12.7 Å². The van der Waals surface area contributed by atoms with Gasteiger partial charge in [-0.2, -0.15) is 0 Å². The van der Waals surface area contributed by atoms with Crippen molar-refractivity contribution in [2.75, 3.05) is 25.7 Å². The molecule has 15 nitrogen and oxygen atoms in total. The predicted octanol–water partition coefficient (Wildman–Crippen LogP) is 2.19. The minimum Gasteiger partial charge on any atom is -0.432 e. The summed E-state index contributed by atoms with van der Waals surface area (Å²) in [5.41, 5.74) is 6.75. The standard InChI is InChI=1S/C19H32N5O10P/c1-12(2)33-18(25)28-9-31-35(27,32-10-29-19(26)34-13(3)4)11-30-14(5)6-24-8-23-15-16(20)21-7-22-17(15)24/h7-8,12-14,18,25H,6,9-11H2,1-5H3,(H2,20,21,22)/t14-,18?,35?/m1/s1. The van der Waals surface area contributed by atoms with E-state index >= 15 is 0 Å². The molecular formula is C19H32N5O10P. The third-order valence-corrected chi connectivity index (χ3v) is 5.47. The van der Waals surface area contributed by atoms with Crippen LogP contribution in [0.1, 0.15) is 34.6 Å². The van der Waals surface area contributed by atoms with Gasteiger partial charge < -0.3 is 39.1 Å². The molecule has 0 radical (unpaired) electrons. The number of aliphatic hydroxyl groups is 1. The van der Waals surface area contributed by atoms with Crippen LogP contribution in [0.4, 0.5) is 10.6 Å². The fourth-order valence-electron chi connectivity index (χ4n) is 2.51. The Hall–Kier alpha value is -2.39. The second kappa shape index (κ2) is 13.6. The summed E-state index contributed by atoms with van der Waals surface area (Å²) in [6, 6.07) is 0. The summed E-state index contributed by atoms with van der Waals surface area (Å²) in [5, 5.41) is 9.62. The fraction of sp³-hybridized carbons (Fsp3) is 0.684. The highest BCUT2D eigenvalue weighted by Gasteiger charge is 2.28. The summed E-state index contributed by atoms with van der Waals surface area (Å²) in [5.74, 6) is 0.244. The molecule has 0 aliphatic carbocycles. The molecule has 0 spiro atoms. The summed E-state index contributed by atoms with van der Waals surface area (Å²) >= 11 is 0. The van der Waals surface area contributed by atoms with Crippen molar-refractivity contribution in [1.29, 1.82) is 0 Å². The van der Waals surface area contributed by atoms with E-state index in [2.05, 4.69) is 15.0 Å². The summed E-state index contributed by atoms with van der Waals surface area (Å²) in [6.07, 6.45) is 0.0744. The Kier molecular flexibility index (Phi) is 11.2. The monoisotopic (exact) mass is 521 g/mol. The van der Waals surface area contributed by atoms with Gasteiger partial charge in [0.25, 0.3) is 6.48 Å². The zero-order chi connectivity index (χ0) is 26.0. The molecule has 3 N–H and O–H groups in total. The first-order valence-electron chi connectivity index (χ1n) is 10.7. The van der Waals surface area contributed by atoms with Gasteiger partial charge in [-0.15, -0.1) is 0 Å². The molecule has 0 saturated heterocycles. The fourth-order valence-corrected chi connectivity index (χ4v) is 3.61. The number of rotatable bonds is 15. The Bertz CT molecular complexity index is 988. The Morgan fingerprint density at radius 2 is 1.80 bits per heavy atom. The molecule has 2 rings (SSSR count). The van der Waals surface area contributed by atoms with Crippen LogP contribution in [0.25, 0.3) is 11.2 Å². The maximum absolute atomic E-state index is 13.1. The van der Waals surface area contributed by atoms with Crippen molar-refractivity contribution in [2.45, 2.75) is 66.0 Å². The highest BCUT2D eigenvalue weighted by Crippen LogP contribution is 2.48. The van der Waals surface area contributed by atoms with Gasteiger partial charge in [-0.05, 0) is 34.6 Å². The number of aliphatic hydroxyl groups excluding tert-OH is 1. The molecule has 0 saturated carbocycles. The quantitative estimate of drug-likeness (QED) is 0.197. The molecule has 0 aliphatic rings. The second-order valence-corrected chi connectivity index (χ2v) is 9.76. The van der Waals surface area contributed by atoms with Crippen LogP contribution in [0.3, 0.4) is 0 Å². The summed E-state index contributed by atoms with van der Waals surface area (Å²) in [6.45, 7) is 5.66. The van der Waals surface area contributed by atoms with Gasteiger partial charge in [0.2, 0.25) is 6.79 Å². The molecule has 2 aromatic heterocycles. The topological polar surface area (TPSA) is 189 Å². The van der Waals surface area contributed by atoms with Crippen molar-refractivity contribution in [3.63, 3.8) is 0 Å². The van der Waals surface area contributed by atoms with Crippen LogP contribution in [-0.4, -0.2) is 75.5 Å². The van der Waals surface area contributed by atoms with E-state index in [1.54, 1.807) is 39.2 Å². The molecule has 0 aliphatic heterocycles. The van der Waals surface area contributed by atoms with E-state index in [0.29, 0.717) is 11.2 Å². The number of nitrogen functional groups attached to an aromatic ring is 1. The molecule has 198 valence electrons. The normalized spacial score (nSPS) is 15.3. The number of carbonyl (C=O) groups is 1. The SMILES string of the molecule is CC(C)OC(=O)OCOP(=O)(CO[C@H](C)Cn1cnc2c(N)ncnc21)OCOC(O)OC(C)C. The van der Waals surface area contributed by atoms with Gasteiger partial charge >= 0.3 is 13.8 Å². The Labute approximate surface area is 202 Å². The summed E-state index contributed by atoms with van der Waals surface area (Å²) in [4.78, 5) is 23.8. The first-order valence-corrected chi connectivity index (χ1v) is 12.4. The van der Waals surface area contributed by atoms with E-state index in [4.69, 9.17) is 38.5 Å². The van der Waals surface area contributed by atoms with Crippen molar-refractivity contribution in [2.24, 2.45) is 0 Å². The Balaban J connectivity index is 1.95. The molecule has 0 bridgehead atoms. The van der Waals surface area contributed by atoms with Crippen LogP contribution < -0.4 is 5.73 Å². The molecule has 2 heterocycles. The van der Waals surface area contributed by atoms with Crippen LogP contribution in [0.15, 0.2) is 12.7 Å².